The molecular weight excluding hydrogens is 257 g/mol. The lowest BCUT2D eigenvalue weighted by molar-refractivity contribution is -0.133. The minimum Gasteiger partial charge on any atom is -0.462 e. The number of thiophene rings is 1. The van der Waals surface area contributed by atoms with Crippen LogP contribution in [0.5, 0.6) is 0 Å². The van der Waals surface area contributed by atoms with E-state index in [-0.39, 0.29) is 22.8 Å². The summed E-state index contributed by atoms with van der Waals surface area (Å²) in [4.78, 5) is 12.5. The molecule has 8 heteroatoms. The number of carbonyl (C=O) groups excluding carboxylic acids is 1. The van der Waals surface area contributed by atoms with Gasteiger partial charge in [0, 0.05) is 0 Å². The van der Waals surface area contributed by atoms with Crippen LogP contribution in [0, 0.1) is 6.57 Å². The molecule has 1 heterocycles. The van der Waals surface area contributed by atoms with Crippen molar-refractivity contribution < 1.29 is 22.7 Å². The third kappa shape index (κ3) is 2.50. The predicted octanol–water partition coefficient (Wildman–Crippen LogP) is 3.08. The highest BCUT2D eigenvalue weighted by molar-refractivity contribution is 7.15. The van der Waals surface area contributed by atoms with Gasteiger partial charge < -0.3 is 10.5 Å². The van der Waals surface area contributed by atoms with Crippen LogP contribution in [0.25, 0.3) is 4.85 Å². The Hall–Kier alpha value is -1.75. The molecule has 2 N–H and O–H groups in total. The number of nitrogens with two attached hydrogens (primary N) is 1. The Bertz CT molecular complexity index is 488. The first-order valence-electron chi connectivity index (χ1n) is 4.37. The van der Waals surface area contributed by atoms with E-state index < -0.39 is 28.4 Å². The van der Waals surface area contributed by atoms with Crippen LogP contribution in [-0.2, 0) is 10.9 Å². The number of carbonyl (C=O) groups is 1. The zero-order valence-corrected chi connectivity index (χ0v) is 9.41. The molecule has 0 amide bonds. The van der Waals surface area contributed by atoms with Crippen LogP contribution in [0.1, 0.15) is 21.5 Å². The molecule has 0 aliphatic carbocycles. The van der Waals surface area contributed by atoms with Gasteiger partial charge in [-0.1, -0.05) is 0 Å². The molecule has 0 bridgehead atoms. The lowest BCUT2D eigenvalue weighted by Crippen LogP contribution is -2.04. The van der Waals surface area contributed by atoms with E-state index in [1.165, 1.54) is 6.92 Å². The highest BCUT2D eigenvalue weighted by Gasteiger charge is 2.39. The molecular formula is C9H7F3N2O2S. The van der Waals surface area contributed by atoms with Gasteiger partial charge in [0.1, 0.15) is 9.75 Å². The Labute approximate surface area is 98.6 Å². The van der Waals surface area contributed by atoms with E-state index in [0.29, 0.717) is 0 Å². The summed E-state index contributed by atoms with van der Waals surface area (Å²) in [5, 5.41) is 0. The molecule has 1 aromatic rings. The van der Waals surface area contributed by atoms with Crippen LogP contribution < -0.4 is 5.73 Å². The summed E-state index contributed by atoms with van der Waals surface area (Å²) in [5.74, 6) is -0.949. The second kappa shape index (κ2) is 4.63. The molecule has 0 atom stereocenters. The molecule has 0 unspecified atom stereocenters. The Morgan fingerprint density at radius 1 is 1.59 bits per heavy atom. The standard InChI is InChI=1S/C9H7F3N2O2S/c1-3-16-8(15)6-4(13)5(14-2)7(17-6)9(10,11)12/h3,13H2,1H3. The first-order valence-corrected chi connectivity index (χ1v) is 5.18. The number of esters is 1. The maximum atomic E-state index is 12.5. The fourth-order valence-corrected chi connectivity index (χ4v) is 2.01. The minimum atomic E-state index is -4.70. The van der Waals surface area contributed by atoms with Crippen LogP contribution in [0.15, 0.2) is 0 Å². The number of hydrogen-bond acceptors (Lipinski definition) is 4. The van der Waals surface area contributed by atoms with Crippen molar-refractivity contribution in [3.8, 4) is 0 Å². The van der Waals surface area contributed by atoms with Gasteiger partial charge in [-0.05, 0) is 6.92 Å². The number of alkyl halides is 3. The Morgan fingerprint density at radius 3 is 2.53 bits per heavy atom. The number of anilines is 1. The number of nitrogen functional groups attached to an aromatic ring is 1. The molecule has 0 fully saturated rings. The summed E-state index contributed by atoms with van der Waals surface area (Å²) in [5.41, 5.74) is 4.12. The topological polar surface area (TPSA) is 56.7 Å². The quantitative estimate of drug-likeness (QED) is 0.659. The van der Waals surface area contributed by atoms with Crippen LogP contribution in [0.3, 0.4) is 0 Å². The highest BCUT2D eigenvalue weighted by Crippen LogP contribution is 2.47. The third-order valence-corrected chi connectivity index (χ3v) is 2.97. The van der Waals surface area contributed by atoms with Crippen molar-refractivity contribution in [1.29, 1.82) is 0 Å². The van der Waals surface area contributed by atoms with Gasteiger partial charge in [0.05, 0.1) is 18.9 Å². The van der Waals surface area contributed by atoms with Gasteiger partial charge >= 0.3 is 12.1 Å². The molecule has 92 valence electrons. The third-order valence-electron chi connectivity index (χ3n) is 1.75. The monoisotopic (exact) mass is 264 g/mol. The fraction of sp³-hybridized carbons (Fsp3) is 0.333. The van der Waals surface area contributed by atoms with Gasteiger partial charge in [-0.15, -0.1) is 11.3 Å². The van der Waals surface area contributed by atoms with Crippen molar-refractivity contribution in [3.05, 3.63) is 21.2 Å². The smallest absolute Gasteiger partial charge is 0.416 e. The highest BCUT2D eigenvalue weighted by atomic mass is 32.1. The summed E-state index contributed by atoms with van der Waals surface area (Å²) in [6.07, 6.45) is -4.70. The van der Waals surface area contributed by atoms with E-state index in [2.05, 4.69) is 9.58 Å². The zero-order chi connectivity index (χ0) is 13.2. The van der Waals surface area contributed by atoms with E-state index in [1.54, 1.807) is 0 Å². The van der Waals surface area contributed by atoms with Crippen LogP contribution >= 0.6 is 11.3 Å². The van der Waals surface area contributed by atoms with Gasteiger partial charge in [0.2, 0.25) is 5.69 Å². The number of hydrogen-bond donors (Lipinski definition) is 1. The molecule has 17 heavy (non-hydrogen) atoms. The molecule has 0 saturated carbocycles. The fourth-order valence-electron chi connectivity index (χ4n) is 1.09. The second-order valence-electron chi connectivity index (χ2n) is 2.85. The normalized spacial score (nSPS) is 11.0. The van der Waals surface area contributed by atoms with Crippen LogP contribution in [-0.4, -0.2) is 12.6 Å². The zero-order valence-electron chi connectivity index (χ0n) is 8.59. The van der Waals surface area contributed by atoms with Crippen molar-refractivity contribution in [2.24, 2.45) is 0 Å². The van der Waals surface area contributed by atoms with Crippen molar-refractivity contribution in [2.75, 3.05) is 12.3 Å². The molecule has 1 aromatic heterocycles. The van der Waals surface area contributed by atoms with Crippen LogP contribution in [0.2, 0.25) is 0 Å². The molecule has 0 saturated heterocycles. The van der Waals surface area contributed by atoms with Gasteiger partial charge in [0.25, 0.3) is 0 Å². The Balaban J connectivity index is 3.34. The van der Waals surface area contributed by atoms with Gasteiger partial charge in [-0.25, -0.2) is 9.64 Å². The molecule has 0 spiro atoms. The largest absolute Gasteiger partial charge is 0.462 e. The number of nitrogens with zero attached hydrogens (tertiary/aromatic N) is 1. The van der Waals surface area contributed by atoms with E-state index in [1.807, 2.05) is 0 Å². The maximum absolute atomic E-state index is 12.5. The minimum absolute atomic E-state index is 0.0187. The molecule has 0 aromatic carbocycles. The summed E-state index contributed by atoms with van der Waals surface area (Å²) < 4.78 is 42.2. The second-order valence-corrected chi connectivity index (χ2v) is 3.87. The molecule has 0 aliphatic heterocycles. The Morgan fingerprint density at radius 2 is 2.18 bits per heavy atom. The first kappa shape index (κ1) is 13.3. The van der Waals surface area contributed by atoms with Crippen molar-refractivity contribution >= 4 is 28.7 Å². The lowest BCUT2D eigenvalue weighted by Gasteiger charge is -2.02. The number of ether oxygens (including phenoxy) is 1. The van der Waals surface area contributed by atoms with Crippen molar-refractivity contribution in [2.45, 2.75) is 13.1 Å². The number of halogens is 3. The molecule has 1 rings (SSSR count). The molecule has 0 radical (unpaired) electrons. The summed E-state index contributed by atoms with van der Waals surface area (Å²) in [6, 6.07) is 0. The SMILES string of the molecule is [C-]#[N+]c1c(C(F)(F)F)sc(C(=O)OCC)c1N. The predicted molar refractivity (Wildman–Crippen MR) is 56.0 cm³/mol. The molecule has 0 aliphatic rings. The van der Waals surface area contributed by atoms with Gasteiger partial charge in [-0.2, -0.15) is 13.2 Å². The van der Waals surface area contributed by atoms with Gasteiger partial charge in [0.15, 0.2) is 0 Å². The summed E-state index contributed by atoms with van der Waals surface area (Å²) >= 11 is 0.127. The average Bonchev–Trinajstić information content (AvgIpc) is 2.55. The summed E-state index contributed by atoms with van der Waals surface area (Å²) in [7, 11) is 0. The number of rotatable bonds is 2. The van der Waals surface area contributed by atoms with Gasteiger partial charge in [-0.3, -0.25) is 0 Å². The molecule has 4 nitrogen and oxygen atoms in total. The van der Waals surface area contributed by atoms with E-state index in [0.717, 1.165) is 0 Å². The lowest BCUT2D eigenvalue weighted by atomic mass is 10.3. The Kier molecular flexibility index (Phi) is 3.63. The maximum Gasteiger partial charge on any atom is 0.416 e. The van der Waals surface area contributed by atoms with Crippen LogP contribution in [0.4, 0.5) is 24.5 Å². The first-order chi connectivity index (χ1) is 7.82. The van der Waals surface area contributed by atoms with Crippen molar-refractivity contribution in [3.63, 3.8) is 0 Å². The van der Waals surface area contributed by atoms with E-state index >= 15 is 0 Å². The van der Waals surface area contributed by atoms with Crippen molar-refractivity contribution in [1.82, 2.24) is 0 Å². The average molecular weight is 264 g/mol. The van der Waals surface area contributed by atoms with E-state index in [9.17, 15) is 18.0 Å². The van der Waals surface area contributed by atoms with E-state index in [4.69, 9.17) is 12.3 Å². The summed E-state index contributed by atoms with van der Waals surface area (Å²) in [6.45, 7) is 8.20.